The van der Waals surface area contributed by atoms with Crippen LogP contribution in [0, 0.1) is 0 Å². The van der Waals surface area contributed by atoms with E-state index in [4.69, 9.17) is 4.74 Å². The number of likely N-dealkylation sites (tertiary alicyclic amines) is 1. The molecule has 2 saturated heterocycles. The van der Waals surface area contributed by atoms with Gasteiger partial charge in [0.2, 0.25) is 5.91 Å². The largest absolute Gasteiger partial charge is 0.368 e. The summed E-state index contributed by atoms with van der Waals surface area (Å²) in [6.07, 6.45) is 4.02. The third kappa shape index (κ3) is 3.33. The molecule has 2 aliphatic heterocycles. The lowest BCUT2D eigenvalue weighted by Crippen LogP contribution is -2.56. The van der Waals surface area contributed by atoms with Crippen LogP contribution in [0.15, 0.2) is 0 Å². The second-order valence-corrected chi connectivity index (χ2v) is 6.10. The Morgan fingerprint density at radius 2 is 2.05 bits per heavy atom. The van der Waals surface area contributed by atoms with Gasteiger partial charge in [-0.2, -0.15) is 0 Å². The van der Waals surface area contributed by atoms with Gasteiger partial charge in [0.1, 0.15) is 5.60 Å². The molecule has 1 unspecified atom stereocenters. The van der Waals surface area contributed by atoms with E-state index < -0.39 is 5.60 Å². The van der Waals surface area contributed by atoms with Gasteiger partial charge >= 0.3 is 0 Å². The number of ether oxygens (including phenoxy) is 1. The molecule has 6 nitrogen and oxygen atoms in total. The van der Waals surface area contributed by atoms with Gasteiger partial charge in [0.25, 0.3) is 5.91 Å². The number of halogens is 1. The fraction of sp³-hybridized carbons (Fsp3) is 0.857. The van der Waals surface area contributed by atoms with E-state index in [0.29, 0.717) is 31.8 Å². The molecule has 3 rings (SSSR count). The molecule has 0 bridgehead atoms. The van der Waals surface area contributed by atoms with Gasteiger partial charge in [-0.3, -0.25) is 9.59 Å². The number of hydrogen-bond donors (Lipinski definition) is 2. The van der Waals surface area contributed by atoms with E-state index >= 15 is 0 Å². The summed E-state index contributed by atoms with van der Waals surface area (Å²) in [6, 6.07) is 0.372. The number of nitrogens with one attached hydrogen (secondary N) is 2. The van der Waals surface area contributed by atoms with Crippen molar-refractivity contribution in [2.24, 2.45) is 0 Å². The van der Waals surface area contributed by atoms with E-state index in [9.17, 15) is 9.59 Å². The fourth-order valence-corrected chi connectivity index (χ4v) is 3.24. The van der Waals surface area contributed by atoms with Crippen LogP contribution in [-0.4, -0.2) is 61.1 Å². The minimum absolute atomic E-state index is 0. The molecule has 0 aromatic carbocycles. The van der Waals surface area contributed by atoms with Gasteiger partial charge in [-0.05, 0) is 38.8 Å². The normalized spacial score (nSPS) is 28.1. The van der Waals surface area contributed by atoms with Gasteiger partial charge in [-0.15, -0.1) is 12.4 Å². The van der Waals surface area contributed by atoms with Gasteiger partial charge in [-0.1, -0.05) is 0 Å². The zero-order chi connectivity index (χ0) is 14.2. The Balaban J connectivity index is 0.00000161. The molecule has 0 aromatic heterocycles. The minimum Gasteiger partial charge on any atom is -0.368 e. The Bertz CT molecular complexity index is 408. The first-order valence-corrected chi connectivity index (χ1v) is 7.51. The molecule has 2 N–H and O–H groups in total. The van der Waals surface area contributed by atoms with Crippen LogP contribution in [0.3, 0.4) is 0 Å². The standard InChI is InChI=1S/C14H23N3O3.ClH/c1-20-14(4-6-15-7-5-14)13(19)16-10-8-12(18)17(9-10)11-2-3-11;/h10-11,15H,2-9H2,1H3,(H,16,19);1H. The second kappa shape index (κ2) is 6.50. The molecule has 21 heavy (non-hydrogen) atoms. The van der Waals surface area contributed by atoms with Crippen LogP contribution in [0.2, 0.25) is 0 Å². The number of carbonyl (C=O) groups is 2. The molecule has 0 spiro atoms. The van der Waals surface area contributed by atoms with Crippen molar-refractivity contribution in [3.05, 3.63) is 0 Å². The first-order chi connectivity index (χ1) is 9.64. The van der Waals surface area contributed by atoms with Crippen molar-refractivity contribution in [2.75, 3.05) is 26.7 Å². The number of hydrogen-bond acceptors (Lipinski definition) is 4. The fourth-order valence-electron chi connectivity index (χ4n) is 3.24. The summed E-state index contributed by atoms with van der Waals surface area (Å²) in [5.41, 5.74) is -0.721. The number of carbonyl (C=O) groups excluding carboxylic acids is 2. The van der Waals surface area contributed by atoms with Gasteiger partial charge in [0.05, 0.1) is 6.04 Å². The van der Waals surface area contributed by atoms with Crippen LogP contribution in [0.25, 0.3) is 0 Å². The van der Waals surface area contributed by atoms with E-state index in [1.54, 1.807) is 7.11 Å². The highest BCUT2D eigenvalue weighted by Gasteiger charge is 2.44. The van der Waals surface area contributed by atoms with Crippen molar-refractivity contribution in [1.82, 2.24) is 15.5 Å². The summed E-state index contributed by atoms with van der Waals surface area (Å²) in [6.45, 7) is 2.24. The highest BCUT2D eigenvalue weighted by atomic mass is 35.5. The Hall–Kier alpha value is -0.850. The lowest BCUT2D eigenvalue weighted by Gasteiger charge is -2.35. The highest BCUT2D eigenvalue weighted by Crippen LogP contribution is 2.31. The van der Waals surface area contributed by atoms with Crippen molar-refractivity contribution in [3.8, 4) is 0 Å². The Labute approximate surface area is 131 Å². The van der Waals surface area contributed by atoms with Crippen LogP contribution in [-0.2, 0) is 14.3 Å². The topological polar surface area (TPSA) is 70.7 Å². The van der Waals surface area contributed by atoms with Gasteiger partial charge in [0.15, 0.2) is 0 Å². The maximum Gasteiger partial charge on any atom is 0.252 e. The van der Waals surface area contributed by atoms with Crippen molar-refractivity contribution < 1.29 is 14.3 Å². The average Bonchev–Trinajstić information content (AvgIpc) is 3.24. The van der Waals surface area contributed by atoms with Crippen LogP contribution in [0.5, 0.6) is 0 Å². The first-order valence-electron chi connectivity index (χ1n) is 7.51. The molecule has 7 heteroatoms. The molecule has 0 radical (unpaired) electrons. The molecular formula is C14H24ClN3O3. The Morgan fingerprint density at radius 3 is 2.62 bits per heavy atom. The van der Waals surface area contributed by atoms with E-state index in [2.05, 4.69) is 10.6 Å². The van der Waals surface area contributed by atoms with Gasteiger partial charge < -0.3 is 20.3 Å². The van der Waals surface area contributed by atoms with Crippen LogP contribution >= 0.6 is 12.4 Å². The van der Waals surface area contributed by atoms with Crippen LogP contribution in [0.4, 0.5) is 0 Å². The smallest absolute Gasteiger partial charge is 0.252 e. The molecular weight excluding hydrogens is 294 g/mol. The summed E-state index contributed by atoms with van der Waals surface area (Å²) < 4.78 is 5.51. The molecule has 120 valence electrons. The molecule has 3 aliphatic rings. The molecule has 2 heterocycles. The molecule has 2 amide bonds. The average molecular weight is 318 g/mol. The van der Waals surface area contributed by atoms with Crippen LogP contribution in [0.1, 0.15) is 32.1 Å². The van der Waals surface area contributed by atoms with Crippen molar-refractivity contribution in [3.63, 3.8) is 0 Å². The second-order valence-electron chi connectivity index (χ2n) is 6.10. The van der Waals surface area contributed by atoms with E-state index in [1.165, 1.54) is 0 Å². The summed E-state index contributed by atoms with van der Waals surface area (Å²) >= 11 is 0. The van der Waals surface area contributed by atoms with Crippen molar-refractivity contribution in [1.29, 1.82) is 0 Å². The minimum atomic E-state index is -0.721. The maximum atomic E-state index is 12.5. The zero-order valence-electron chi connectivity index (χ0n) is 12.4. The van der Waals surface area contributed by atoms with Crippen molar-refractivity contribution >= 4 is 24.2 Å². The molecule has 0 aromatic rings. The number of methoxy groups -OCH3 is 1. The summed E-state index contributed by atoms with van der Waals surface area (Å²) in [5.74, 6) is 0.117. The third-order valence-corrected chi connectivity index (χ3v) is 4.70. The number of nitrogens with zero attached hydrogens (tertiary/aromatic N) is 1. The number of rotatable bonds is 4. The summed E-state index contributed by atoms with van der Waals surface area (Å²) in [5, 5.41) is 6.27. The van der Waals surface area contributed by atoms with Gasteiger partial charge in [-0.25, -0.2) is 0 Å². The third-order valence-electron chi connectivity index (χ3n) is 4.70. The summed E-state index contributed by atoms with van der Waals surface area (Å²) in [7, 11) is 1.60. The van der Waals surface area contributed by atoms with E-state index in [1.807, 2.05) is 4.90 Å². The molecule has 3 fully saturated rings. The number of piperidine rings is 1. The van der Waals surface area contributed by atoms with E-state index in [0.717, 1.165) is 25.9 Å². The lowest BCUT2D eigenvalue weighted by atomic mass is 9.90. The SMILES string of the molecule is COC1(C(=O)NC2CC(=O)N(C3CC3)C2)CCNCC1.Cl. The molecule has 1 atom stereocenters. The molecule has 1 aliphatic carbocycles. The van der Waals surface area contributed by atoms with E-state index in [-0.39, 0.29) is 30.3 Å². The Kier molecular flexibility index (Phi) is 5.11. The lowest BCUT2D eigenvalue weighted by molar-refractivity contribution is -0.147. The first kappa shape index (κ1) is 16.5. The summed E-state index contributed by atoms with van der Waals surface area (Å²) in [4.78, 5) is 26.3. The number of amides is 2. The Morgan fingerprint density at radius 1 is 1.38 bits per heavy atom. The predicted octanol–water partition coefficient (Wildman–Crippen LogP) is 0.0563. The van der Waals surface area contributed by atoms with Gasteiger partial charge in [0, 0.05) is 26.1 Å². The quantitative estimate of drug-likeness (QED) is 0.769. The highest BCUT2D eigenvalue weighted by molar-refractivity contribution is 5.87. The predicted molar refractivity (Wildman–Crippen MR) is 80.4 cm³/mol. The zero-order valence-corrected chi connectivity index (χ0v) is 13.2. The maximum absolute atomic E-state index is 12.5. The monoisotopic (exact) mass is 317 g/mol. The molecule has 1 saturated carbocycles. The van der Waals surface area contributed by atoms with Crippen LogP contribution < -0.4 is 10.6 Å². The van der Waals surface area contributed by atoms with Crippen molar-refractivity contribution in [2.45, 2.75) is 49.8 Å².